The first-order chi connectivity index (χ1) is 12.0. The molecule has 1 saturated heterocycles. The maximum Gasteiger partial charge on any atom is 0.193 e. The highest BCUT2D eigenvalue weighted by atomic mass is 16.5. The van der Waals surface area contributed by atoms with E-state index in [4.69, 9.17) is 4.74 Å². The number of unbranched alkanes of at least 4 members (excludes halogenated alkanes) is 1. The van der Waals surface area contributed by atoms with Gasteiger partial charge in [0.1, 0.15) is 6.10 Å². The lowest BCUT2D eigenvalue weighted by Crippen LogP contribution is -2.48. The van der Waals surface area contributed by atoms with Crippen LogP contribution in [0.15, 0.2) is 17.4 Å². The smallest absolute Gasteiger partial charge is 0.193 e. The lowest BCUT2D eigenvalue weighted by molar-refractivity contribution is -0.00802. The number of hydrogen-bond acceptors (Lipinski definition) is 4. The zero-order chi connectivity index (χ0) is 18.2. The topological polar surface area (TPSA) is 57.9 Å². The highest BCUT2D eigenvalue weighted by molar-refractivity contribution is 5.80. The van der Waals surface area contributed by atoms with Gasteiger partial charge in [-0.25, -0.2) is 0 Å². The van der Waals surface area contributed by atoms with Gasteiger partial charge in [-0.15, -0.1) is 0 Å². The van der Waals surface area contributed by atoms with Crippen LogP contribution in [0.2, 0.25) is 0 Å². The molecule has 1 aliphatic heterocycles. The Balaban J connectivity index is 1.76. The Hall–Kier alpha value is -1.60. The van der Waals surface area contributed by atoms with E-state index in [9.17, 15) is 0 Å². The Morgan fingerprint density at radius 3 is 2.92 bits per heavy atom. The van der Waals surface area contributed by atoms with E-state index in [1.807, 2.05) is 31.2 Å². The van der Waals surface area contributed by atoms with Crippen LogP contribution in [0.5, 0.6) is 0 Å². The minimum atomic E-state index is 0.0562. The molecule has 7 nitrogen and oxygen atoms in total. The number of nitrogens with one attached hydrogen (secondary N) is 1. The summed E-state index contributed by atoms with van der Waals surface area (Å²) in [6.07, 6.45) is 6.30. The zero-order valence-electron chi connectivity index (χ0n) is 16.4. The molecule has 0 aromatic carbocycles. The molecule has 142 valence electrons. The molecule has 25 heavy (non-hydrogen) atoms. The van der Waals surface area contributed by atoms with E-state index in [1.165, 1.54) is 6.42 Å². The van der Waals surface area contributed by atoms with Crippen LogP contribution >= 0.6 is 0 Å². The third kappa shape index (κ3) is 6.01. The van der Waals surface area contributed by atoms with Crippen molar-refractivity contribution in [2.24, 2.45) is 12.0 Å². The molecular formula is C18H34N6O. The van der Waals surface area contributed by atoms with Crippen molar-refractivity contribution in [3.63, 3.8) is 0 Å². The summed E-state index contributed by atoms with van der Waals surface area (Å²) in [6, 6.07) is 0.610. The van der Waals surface area contributed by atoms with Crippen LogP contribution in [0.25, 0.3) is 0 Å². The van der Waals surface area contributed by atoms with Gasteiger partial charge in [0, 0.05) is 45.0 Å². The van der Waals surface area contributed by atoms with E-state index in [0.29, 0.717) is 12.6 Å². The molecule has 1 fully saturated rings. The van der Waals surface area contributed by atoms with Gasteiger partial charge in [-0.05, 0) is 40.3 Å². The fourth-order valence-electron chi connectivity index (χ4n) is 2.93. The summed E-state index contributed by atoms with van der Waals surface area (Å²) in [7, 11) is 5.97. The SMILES string of the molecule is CN=C(NCCCCN(C)C(C)C)N1CCOC(c2cnn(C)c2)C1. The molecule has 2 rings (SSSR count). The third-order valence-corrected chi connectivity index (χ3v) is 4.78. The number of guanidine groups is 1. The zero-order valence-corrected chi connectivity index (χ0v) is 16.4. The van der Waals surface area contributed by atoms with Gasteiger partial charge in [0.15, 0.2) is 5.96 Å². The van der Waals surface area contributed by atoms with E-state index in [-0.39, 0.29) is 6.10 Å². The molecule has 1 aromatic heterocycles. The van der Waals surface area contributed by atoms with E-state index in [2.05, 4.69) is 46.1 Å². The van der Waals surface area contributed by atoms with Crippen molar-refractivity contribution in [1.29, 1.82) is 0 Å². The van der Waals surface area contributed by atoms with E-state index in [1.54, 1.807) is 0 Å². The standard InChI is InChI=1S/C18H34N6O/c1-15(2)22(4)9-7-6-8-20-18(19-3)24-10-11-25-17(14-24)16-12-21-23(5)13-16/h12-13,15,17H,6-11,14H2,1-5H3,(H,19,20). The van der Waals surface area contributed by atoms with Gasteiger partial charge in [0.2, 0.25) is 0 Å². The van der Waals surface area contributed by atoms with Gasteiger partial charge < -0.3 is 19.9 Å². The maximum absolute atomic E-state index is 5.91. The number of nitrogens with zero attached hydrogens (tertiary/aromatic N) is 5. The van der Waals surface area contributed by atoms with Crippen molar-refractivity contribution >= 4 is 5.96 Å². The largest absolute Gasteiger partial charge is 0.370 e. The van der Waals surface area contributed by atoms with Crippen LogP contribution in [-0.4, -0.2) is 78.5 Å². The summed E-state index contributed by atoms with van der Waals surface area (Å²) in [6.45, 7) is 8.94. The monoisotopic (exact) mass is 350 g/mol. The minimum absolute atomic E-state index is 0.0562. The molecular weight excluding hydrogens is 316 g/mol. The summed E-state index contributed by atoms with van der Waals surface area (Å²) in [5.74, 6) is 0.967. The number of aryl methyl sites for hydroxylation is 1. The van der Waals surface area contributed by atoms with Crippen molar-refractivity contribution in [1.82, 2.24) is 24.9 Å². The van der Waals surface area contributed by atoms with Crippen molar-refractivity contribution in [2.45, 2.75) is 38.8 Å². The van der Waals surface area contributed by atoms with Gasteiger partial charge in [-0.2, -0.15) is 5.10 Å². The molecule has 0 aliphatic carbocycles. The second-order valence-electron chi connectivity index (χ2n) is 7.01. The number of rotatable bonds is 7. The molecule has 7 heteroatoms. The van der Waals surface area contributed by atoms with Crippen molar-refractivity contribution < 1.29 is 4.74 Å². The fraction of sp³-hybridized carbons (Fsp3) is 0.778. The summed E-state index contributed by atoms with van der Waals surface area (Å²) in [5.41, 5.74) is 1.12. The van der Waals surface area contributed by atoms with Crippen LogP contribution in [0.1, 0.15) is 38.4 Å². The molecule has 1 N–H and O–H groups in total. The summed E-state index contributed by atoms with van der Waals surface area (Å²) < 4.78 is 7.73. The predicted octanol–water partition coefficient (Wildman–Crippen LogP) is 1.49. The number of morpholine rings is 1. The number of ether oxygens (including phenoxy) is 1. The molecule has 1 aromatic rings. The molecule has 0 radical (unpaired) electrons. The summed E-state index contributed by atoms with van der Waals surface area (Å²) >= 11 is 0. The second-order valence-corrected chi connectivity index (χ2v) is 7.01. The van der Waals surface area contributed by atoms with Crippen LogP contribution in [0.4, 0.5) is 0 Å². The first kappa shape index (κ1) is 19.7. The van der Waals surface area contributed by atoms with Gasteiger partial charge >= 0.3 is 0 Å². The molecule has 1 atom stereocenters. The second kappa shape index (κ2) is 9.77. The van der Waals surface area contributed by atoms with Gasteiger partial charge in [-0.1, -0.05) is 0 Å². The number of hydrogen-bond donors (Lipinski definition) is 1. The van der Waals surface area contributed by atoms with E-state index in [0.717, 1.165) is 44.1 Å². The molecule has 0 bridgehead atoms. The number of aliphatic imine (C=N–C) groups is 1. The van der Waals surface area contributed by atoms with Crippen LogP contribution < -0.4 is 5.32 Å². The van der Waals surface area contributed by atoms with Gasteiger partial charge in [-0.3, -0.25) is 9.67 Å². The average molecular weight is 351 g/mol. The Morgan fingerprint density at radius 1 is 1.48 bits per heavy atom. The average Bonchev–Trinajstić information content (AvgIpc) is 3.04. The Labute approximate surface area is 152 Å². The summed E-state index contributed by atoms with van der Waals surface area (Å²) in [4.78, 5) is 9.11. The first-order valence-corrected chi connectivity index (χ1v) is 9.27. The van der Waals surface area contributed by atoms with E-state index < -0.39 is 0 Å². The Kier molecular flexibility index (Phi) is 7.71. The quantitative estimate of drug-likeness (QED) is 0.459. The first-order valence-electron chi connectivity index (χ1n) is 9.27. The third-order valence-electron chi connectivity index (χ3n) is 4.78. The van der Waals surface area contributed by atoms with Crippen LogP contribution in [-0.2, 0) is 11.8 Å². The molecule has 1 aliphatic rings. The minimum Gasteiger partial charge on any atom is -0.370 e. The lowest BCUT2D eigenvalue weighted by atomic mass is 10.1. The molecule has 0 saturated carbocycles. The number of aromatic nitrogens is 2. The Bertz CT molecular complexity index is 541. The Morgan fingerprint density at radius 2 is 2.28 bits per heavy atom. The molecule has 0 spiro atoms. The molecule has 0 amide bonds. The van der Waals surface area contributed by atoms with Crippen LogP contribution in [0, 0.1) is 0 Å². The van der Waals surface area contributed by atoms with Gasteiger partial charge in [0.05, 0.1) is 19.3 Å². The summed E-state index contributed by atoms with van der Waals surface area (Å²) in [5, 5.41) is 7.75. The van der Waals surface area contributed by atoms with Crippen molar-refractivity contribution in [3.8, 4) is 0 Å². The molecule has 1 unspecified atom stereocenters. The lowest BCUT2D eigenvalue weighted by Gasteiger charge is -2.34. The highest BCUT2D eigenvalue weighted by Crippen LogP contribution is 2.21. The normalized spacial score (nSPS) is 19.1. The molecule has 2 heterocycles. The van der Waals surface area contributed by atoms with Crippen molar-refractivity contribution in [2.75, 3.05) is 46.9 Å². The fourth-order valence-corrected chi connectivity index (χ4v) is 2.93. The van der Waals surface area contributed by atoms with Crippen LogP contribution in [0.3, 0.4) is 0 Å². The highest BCUT2D eigenvalue weighted by Gasteiger charge is 2.24. The van der Waals surface area contributed by atoms with Gasteiger partial charge in [0.25, 0.3) is 0 Å². The maximum atomic E-state index is 5.91. The van der Waals surface area contributed by atoms with Crippen molar-refractivity contribution in [3.05, 3.63) is 18.0 Å². The van der Waals surface area contributed by atoms with E-state index >= 15 is 0 Å². The predicted molar refractivity (Wildman–Crippen MR) is 102 cm³/mol.